The van der Waals surface area contributed by atoms with Crippen molar-refractivity contribution in [3.63, 3.8) is 0 Å². The monoisotopic (exact) mass is 301 g/mol. The zero-order valence-corrected chi connectivity index (χ0v) is 12.6. The van der Waals surface area contributed by atoms with Gasteiger partial charge < -0.3 is 14.0 Å². The number of hydrogen-bond acceptors (Lipinski definition) is 3. The van der Waals surface area contributed by atoms with Crippen molar-refractivity contribution in [1.82, 2.24) is 0 Å². The Kier molecular flexibility index (Phi) is 2.45. The number of halogens is 1. The molecule has 0 unspecified atom stereocenters. The zero-order chi connectivity index (χ0) is 21.8. The van der Waals surface area contributed by atoms with Crippen LogP contribution >= 0.6 is 0 Å². The average molecular weight is 301 g/mol. The molecular formula is C16H24BFO3. The highest BCUT2D eigenvalue weighted by atomic mass is 19.1. The molecule has 2 rings (SSSR count). The van der Waals surface area contributed by atoms with E-state index < -0.39 is 50.3 Å². The van der Waals surface area contributed by atoms with E-state index in [-0.39, 0.29) is 5.75 Å². The molecule has 5 heteroatoms. The van der Waals surface area contributed by atoms with E-state index in [0.717, 1.165) is 6.07 Å². The molecule has 0 aliphatic carbocycles. The van der Waals surface area contributed by atoms with Crippen LogP contribution in [-0.2, 0) is 9.31 Å². The quantitative estimate of drug-likeness (QED) is 0.800. The molecule has 116 valence electrons. The Labute approximate surface area is 136 Å². The van der Waals surface area contributed by atoms with Crippen LogP contribution in [0.2, 0.25) is 0 Å². The lowest BCUT2D eigenvalue weighted by Crippen LogP contribution is -2.41. The van der Waals surface area contributed by atoms with Gasteiger partial charge in [-0.15, -0.1) is 0 Å². The van der Waals surface area contributed by atoms with Gasteiger partial charge in [-0.2, -0.15) is 0 Å². The fraction of sp³-hybridized carbons (Fsp3) is 0.625. The summed E-state index contributed by atoms with van der Waals surface area (Å²) in [7, 11) is -0.881. The Hall–Kier alpha value is -1.07. The summed E-state index contributed by atoms with van der Waals surface area (Å²) in [5, 5.41) is 0. The number of hydrogen-bond donors (Lipinski definition) is 0. The second-order valence-corrected chi connectivity index (χ2v) is 6.08. The minimum Gasteiger partial charge on any atom is -0.493 e. The average Bonchev–Trinajstić information content (AvgIpc) is 2.70. The Bertz CT molecular complexity index is 704. The van der Waals surface area contributed by atoms with Gasteiger partial charge in [0.1, 0.15) is 11.6 Å². The summed E-state index contributed by atoms with van der Waals surface area (Å²) < 4.78 is 83.5. The molecule has 0 aromatic heterocycles. The van der Waals surface area contributed by atoms with Gasteiger partial charge in [0.05, 0.1) is 17.8 Å². The normalized spacial score (nSPS) is 26.7. The zero-order valence-electron chi connectivity index (χ0n) is 19.6. The van der Waals surface area contributed by atoms with Crippen LogP contribution in [0.25, 0.3) is 0 Å². The van der Waals surface area contributed by atoms with E-state index in [0.29, 0.717) is 5.46 Å². The SMILES string of the molecule is [2H]C([2H])([2H])C([2H])(COc1cc(F)cc(B2OC(C)(C)C(C)(C)O2)c1)C([2H])([2H])[2H]. The predicted molar refractivity (Wildman–Crippen MR) is 82.4 cm³/mol. The van der Waals surface area contributed by atoms with Gasteiger partial charge in [-0.3, -0.25) is 0 Å². The van der Waals surface area contributed by atoms with E-state index in [1.807, 2.05) is 27.7 Å². The molecule has 0 radical (unpaired) electrons. The molecule has 0 atom stereocenters. The molecule has 0 spiro atoms. The van der Waals surface area contributed by atoms with Crippen LogP contribution in [0.1, 0.15) is 51.0 Å². The van der Waals surface area contributed by atoms with E-state index in [1.54, 1.807) is 0 Å². The maximum Gasteiger partial charge on any atom is 0.495 e. The van der Waals surface area contributed by atoms with E-state index in [9.17, 15) is 4.39 Å². The smallest absolute Gasteiger partial charge is 0.493 e. The van der Waals surface area contributed by atoms with Crippen LogP contribution in [-0.4, -0.2) is 24.9 Å². The largest absolute Gasteiger partial charge is 0.495 e. The molecule has 1 fully saturated rings. The van der Waals surface area contributed by atoms with Gasteiger partial charge in [0, 0.05) is 15.7 Å². The lowest BCUT2D eigenvalue weighted by atomic mass is 9.79. The standard InChI is InChI=1S/C16H24BFO3/c1-11(2)10-19-14-8-12(7-13(18)9-14)17-20-15(3,4)16(5,6)21-17/h7-9,11H,10H2,1-6H3/i1D3,2D3,11D. The van der Waals surface area contributed by atoms with Crippen LogP contribution in [0.15, 0.2) is 18.2 Å². The molecule has 1 aliphatic rings. The van der Waals surface area contributed by atoms with Crippen molar-refractivity contribution < 1.29 is 28.0 Å². The van der Waals surface area contributed by atoms with Gasteiger partial charge in [0.2, 0.25) is 0 Å². The molecule has 1 aromatic carbocycles. The molecule has 3 nitrogen and oxygen atoms in total. The third kappa shape index (κ3) is 3.58. The molecular weight excluding hydrogens is 270 g/mol. The van der Waals surface area contributed by atoms with Gasteiger partial charge in [0.25, 0.3) is 0 Å². The topological polar surface area (TPSA) is 27.7 Å². The van der Waals surface area contributed by atoms with Crippen molar-refractivity contribution in [3.8, 4) is 5.75 Å². The summed E-state index contributed by atoms with van der Waals surface area (Å²) in [5.74, 6) is -3.67. The van der Waals surface area contributed by atoms with E-state index in [1.165, 1.54) is 12.1 Å². The minimum atomic E-state index is -3.12. The lowest BCUT2D eigenvalue weighted by molar-refractivity contribution is 0.00578. The highest BCUT2D eigenvalue weighted by Crippen LogP contribution is 2.36. The van der Waals surface area contributed by atoms with Crippen LogP contribution in [0.4, 0.5) is 4.39 Å². The molecule has 1 saturated heterocycles. The lowest BCUT2D eigenvalue weighted by Gasteiger charge is -2.32. The molecule has 0 bridgehead atoms. The first-order chi connectivity index (χ1) is 12.4. The number of benzene rings is 1. The van der Waals surface area contributed by atoms with Crippen molar-refractivity contribution in [2.24, 2.45) is 5.89 Å². The molecule has 1 aromatic rings. The fourth-order valence-corrected chi connectivity index (χ4v) is 1.94. The van der Waals surface area contributed by atoms with Gasteiger partial charge in [-0.1, -0.05) is 13.7 Å². The van der Waals surface area contributed by atoms with Crippen molar-refractivity contribution in [2.75, 3.05) is 6.61 Å². The maximum atomic E-state index is 14.1. The molecule has 1 heterocycles. The second-order valence-electron chi connectivity index (χ2n) is 6.08. The third-order valence-corrected chi connectivity index (χ3v) is 3.80. The summed E-state index contributed by atoms with van der Waals surface area (Å²) in [6, 6.07) is 3.55. The van der Waals surface area contributed by atoms with Crippen molar-refractivity contribution in [3.05, 3.63) is 24.0 Å². The van der Waals surface area contributed by atoms with Crippen LogP contribution in [0, 0.1) is 11.7 Å². The predicted octanol–water partition coefficient (Wildman–Crippen LogP) is 3.16. The molecule has 0 amide bonds. The Morgan fingerprint density at radius 2 is 1.86 bits per heavy atom. The number of rotatable bonds is 4. The van der Waals surface area contributed by atoms with Crippen molar-refractivity contribution in [2.45, 2.75) is 52.6 Å². The minimum absolute atomic E-state index is 0.116. The highest BCUT2D eigenvalue weighted by molar-refractivity contribution is 6.62. The number of ether oxygens (including phenoxy) is 1. The molecule has 0 saturated carbocycles. The van der Waals surface area contributed by atoms with Crippen LogP contribution < -0.4 is 10.2 Å². The molecule has 1 aliphatic heterocycles. The van der Waals surface area contributed by atoms with Crippen LogP contribution in [0.3, 0.4) is 0 Å². The first kappa shape index (κ1) is 9.16. The summed E-state index contributed by atoms with van der Waals surface area (Å²) in [4.78, 5) is 0. The van der Waals surface area contributed by atoms with Gasteiger partial charge in [0.15, 0.2) is 0 Å². The summed E-state index contributed by atoms with van der Waals surface area (Å²) in [6.07, 6.45) is 0. The van der Waals surface area contributed by atoms with E-state index >= 15 is 0 Å². The van der Waals surface area contributed by atoms with Crippen molar-refractivity contribution in [1.29, 1.82) is 0 Å². The van der Waals surface area contributed by atoms with E-state index in [4.69, 9.17) is 23.6 Å². The van der Waals surface area contributed by atoms with Gasteiger partial charge in [-0.05, 0) is 51.2 Å². The molecule has 21 heavy (non-hydrogen) atoms. The van der Waals surface area contributed by atoms with Crippen molar-refractivity contribution >= 4 is 12.6 Å². The summed E-state index contributed by atoms with van der Waals surface area (Å²) in [6.45, 7) is 0.137. The first-order valence-electron chi connectivity index (χ1n) is 10.2. The van der Waals surface area contributed by atoms with Gasteiger partial charge in [-0.25, -0.2) is 4.39 Å². The summed E-state index contributed by atoms with van der Waals surface area (Å²) >= 11 is 0. The summed E-state index contributed by atoms with van der Waals surface area (Å²) in [5.41, 5.74) is -1.000. The van der Waals surface area contributed by atoms with Crippen LogP contribution in [0.5, 0.6) is 5.75 Å². The second kappa shape index (κ2) is 5.62. The molecule has 0 N–H and O–H groups in total. The highest BCUT2D eigenvalue weighted by Gasteiger charge is 2.51. The fourth-order valence-electron chi connectivity index (χ4n) is 1.94. The van der Waals surface area contributed by atoms with E-state index in [2.05, 4.69) is 0 Å². The first-order valence-corrected chi connectivity index (χ1v) is 6.69. The Morgan fingerprint density at radius 3 is 2.43 bits per heavy atom. The maximum absolute atomic E-state index is 14.1. The Balaban J connectivity index is 2.27. The Morgan fingerprint density at radius 1 is 1.24 bits per heavy atom. The third-order valence-electron chi connectivity index (χ3n) is 3.80. The van der Waals surface area contributed by atoms with Gasteiger partial charge >= 0.3 is 7.12 Å².